The summed E-state index contributed by atoms with van der Waals surface area (Å²) in [7, 11) is 1.59. The summed E-state index contributed by atoms with van der Waals surface area (Å²) in [5.41, 5.74) is 3.06. The third-order valence-corrected chi connectivity index (χ3v) is 2.65. The number of carbonyl (C=O) groups is 1. The Morgan fingerprint density at radius 1 is 1.47 bits per heavy atom. The number of amides is 1. The van der Waals surface area contributed by atoms with Gasteiger partial charge in [-0.3, -0.25) is 10.6 Å². The fourth-order valence-corrected chi connectivity index (χ4v) is 1.36. The lowest BCUT2D eigenvalue weighted by molar-refractivity contribution is 0.0866. The molecule has 7 nitrogen and oxygen atoms in total. The molecule has 106 valence electrons. The molecule has 0 aliphatic heterocycles. The normalized spacial score (nSPS) is 12.3. The summed E-state index contributed by atoms with van der Waals surface area (Å²) in [6.45, 7) is 6.18. The van der Waals surface area contributed by atoms with Crippen molar-refractivity contribution in [3.05, 3.63) is 17.7 Å². The smallest absolute Gasteiger partial charge is 0.272 e. The molecule has 4 N–H and O–H groups in total. The maximum Gasteiger partial charge on any atom is 0.272 e. The maximum atomic E-state index is 12.1. The molecule has 0 saturated carbocycles. The number of hydrazine groups is 1. The van der Waals surface area contributed by atoms with Crippen molar-refractivity contribution in [2.75, 3.05) is 19.1 Å². The summed E-state index contributed by atoms with van der Waals surface area (Å²) in [6, 6.07) is 0. The number of nitrogens with two attached hydrogens (primary N) is 1. The van der Waals surface area contributed by atoms with E-state index < -0.39 is 0 Å². The van der Waals surface area contributed by atoms with Crippen LogP contribution >= 0.6 is 0 Å². The highest BCUT2D eigenvalue weighted by Crippen LogP contribution is 2.15. The zero-order chi connectivity index (χ0) is 14.4. The minimum atomic E-state index is -0.304. The number of nitrogens with one attached hydrogen (secondary N) is 2. The number of hydrogen-bond donors (Lipinski definition) is 3. The van der Waals surface area contributed by atoms with Crippen LogP contribution in [0.25, 0.3) is 0 Å². The summed E-state index contributed by atoms with van der Waals surface area (Å²) in [4.78, 5) is 20.5. The molecule has 0 aliphatic carbocycles. The Bertz CT molecular complexity index is 436. The first-order valence-corrected chi connectivity index (χ1v) is 6.14. The molecule has 1 aromatic heterocycles. The zero-order valence-electron chi connectivity index (χ0n) is 11.7. The van der Waals surface area contributed by atoms with Crippen molar-refractivity contribution >= 4 is 11.6 Å². The van der Waals surface area contributed by atoms with E-state index >= 15 is 0 Å². The second-order valence-corrected chi connectivity index (χ2v) is 4.55. The first-order valence-electron chi connectivity index (χ1n) is 6.14. The van der Waals surface area contributed by atoms with Crippen LogP contribution in [0.15, 0.2) is 6.20 Å². The van der Waals surface area contributed by atoms with E-state index in [-0.39, 0.29) is 23.6 Å². The highest BCUT2D eigenvalue weighted by molar-refractivity contribution is 5.97. The number of hydrogen-bond acceptors (Lipinski definition) is 6. The van der Waals surface area contributed by atoms with Crippen molar-refractivity contribution in [2.24, 2.45) is 5.84 Å². The summed E-state index contributed by atoms with van der Waals surface area (Å²) in [5.74, 6) is 5.79. The van der Waals surface area contributed by atoms with Crippen LogP contribution in [-0.2, 0) is 4.74 Å². The molecule has 0 fully saturated rings. The van der Waals surface area contributed by atoms with Crippen molar-refractivity contribution in [1.29, 1.82) is 0 Å². The van der Waals surface area contributed by atoms with E-state index in [9.17, 15) is 4.79 Å². The first kappa shape index (κ1) is 15.3. The maximum absolute atomic E-state index is 12.1. The quantitative estimate of drug-likeness (QED) is 0.516. The monoisotopic (exact) mass is 267 g/mol. The highest BCUT2D eigenvalue weighted by atomic mass is 16.5. The van der Waals surface area contributed by atoms with Gasteiger partial charge in [-0.25, -0.2) is 9.97 Å². The van der Waals surface area contributed by atoms with Gasteiger partial charge < -0.3 is 15.5 Å². The molecule has 1 amide bonds. The molecule has 19 heavy (non-hydrogen) atoms. The molecule has 0 saturated heterocycles. The van der Waals surface area contributed by atoms with Crippen molar-refractivity contribution in [1.82, 2.24) is 15.3 Å². The number of rotatable bonds is 6. The highest BCUT2D eigenvalue weighted by Gasteiger charge is 2.16. The number of nitrogens with zero attached hydrogens (tertiary/aromatic N) is 2. The van der Waals surface area contributed by atoms with Crippen LogP contribution in [0.5, 0.6) is 0 Å². The number of anilines is 1. The number of methoxy groups -OCH3 is 1. The van der Waals surface area contributed by atoms with Crippen LogP contribution in [0.4, 0.5) is 5.69 Å². The standard InChI is InChI=1S/C12H21N5O2/c1-7(2)11-14-6-9(17-13)10(16-11)12(18)15-5-8(3)19-4/h6-8,17H,5,13H2,1-4H3,(H,15,18). The van der Waals surface area contributed by atoms with Gasteiger partial charge in [0.15, 0.2) is 5.69 Å². The van der Waals surface area contributed by atoms with E-state index in [1.807, 2.05) is 20.8 Å². The molecular formula is C12H21N5O2. The molecule has 1 unspecified atom stereocenters. The molecule has 1 aromatic rings. The van der Waals surface area contributed by atoms with Gasteiger partial charge in [-0.1, -0.05) is 13.8 Å². The van der Waals surface area contributed by atoms with E-state index in [0.717, 1.165) is 0 Å². The van der Waals surface area contributed by atoms with Crippen LogP contribution in [0, 0.1) is 0 Å². The Morgan fingerprint density at radius 3 is 2.68 bits per heavy atom. The predicted molar refractivity (Wildman–Crippen MR) is 72.7 cm³/mol. The van der Waals surface area contributed by atoms with E-state index in [1.165, 1.54) is 6.20 Å². The summed E-state index contributed by atoms with van der Waals surface area (Å²) in [5, 5.41) is 2.74. The van der Waals surface area contributed by atoms with Crippen molar-refractivity contribution in [3.8, 4) is 0 Å². The van der Waals surface area contributed by atoms with Crippen LogP contribution < -0.4 is 16.6 Å². The van der Waals surface area contributed by atoms with Gasteiger partial charge >= 0.3 is 0 Å². The average molecular weight is 267 g/mol. The lowest BCUT2D eigenvalue weighted by Crippen LogP contribution is -2.33. The van der Waals surface area contributed by atoms with E-state index in [0.29, 0.717) is 18.1 Å². The van der Waals surface area contributed by atoms with Crippen LogP contribution in [0.2, 0.25) is 0 Å². The number of ether oxygens (including phenoxy) is 1. The average Bonchev–Trinajstić information content (AvgIpc) is 2.43. The largest absolute Gasteiger partial charge is 0.380 e. The van der Waals surface area contributed by atoms with Crippen molar-refractivity contribution in [3.63, 3.8) is 0 Å². The van der Waals surface area contributed by atoms with E-state index in [4.69, 9.17) is 10.6 Å². The fourth-order valence-electron chi connectivity index (χ4n) is 1.36. The Morgan fingerprint density at radius 2 is 2.16 bits per heavy atom. The number of aromatic nitrogens is 2. The first-order chi connectivity index (χ1) is 8.99. The third-order valence-electron chi connectivity index (χ3n) is 2.65. The molecular weight excluding hydrogens is 246 g/mol. The molecule has 0 spiro atoms. The number of carbonyl (C=O) groups excluding carboxylic acids is 1. The van der Waals surface area contributed by atoms with Gasteiger partial charge in [-0.2, -0.15) is 0 Å². The van der Waals surface area contributed by atoms with Gasteiger partial charge in [-0.15, -0.1) is 0 Å². The minimum absolute atomic E-state index is 0.0651. The molecule has 1 rings (SSSR count). The molecule has 0 bridgehead atoms. The zero-order valence-corrected chi connectivity index (χ0v) is 11.7. The summed E-state index contributed by atoms with van der Waals surface area (Å²) >= 11 is 0. The third kappa shape index (κ3) is 4.15. The number of nitrogen functional groups attached to an aromatic ring is 1. The van der Waals surface area contributed by atoms with Crippen LogP contribution in [0.1, 0.15) is 43.0 Å². The van der Waals surface area contributed by atoms with Gasteiger partial charge in [0.2, 0.25) is 0 Å². The lowest BCUT2D eigenvalue weighted by atomic mass is 10.2. The molecule has 7 heteroatoms. The molecule has 1 heterocycles. The lowest BCUT2D eigenvalue weighted by Gasteiger charge is -2.13. The van der Waals surface area contributed by atoms with Crippen LogP contribution in [0.3, 0.4) is 0 Å². The Kier molecular flexibility index (Phi) is 5.65. The van der Waals surface area contributed by atoms with Crippen molar-refractivity contribution in [2.45, 2.75) is 32.8 Å². The van der Waals surface area contributed by atoms with Crippen LogP contribution in [-0.4, -0.2) is 35.6 Å². The SMILES string of the molecule is COC(C)CNC(=O)c1nc(C(C)C)ncc1NN. The topological polar surface area (TPSA) is 102 Å². The molecule has 1 atom stereocenters. The molecule has 0 radical (unpaired) electrons. The van der Waals surface area contributed by atoms with Gasteiger partial charge in [0, 0.05) is 19.6 Å². The van der Waals surface area contributed by atoms with Gasteiger partial charge in [-0.05, 0) is 6.92 Å². The predicted octanol–water partition coefficient (Wildman–Crippen LogP) is 0.650. The Balaban J connectivity index is 2.90. The Hall–Kier alpha value is -1.73. The summed E-state index contributed by atoms with van der Waals surface area (Å²) in [6.07, 6.45) is 1.45. The van der Waals surface area contributed by atoms with Gasteiger partial charge in [0.1, 0.15) is 5.82 Å². The second kappa shape index (κ2) is 7.01. The van der Waals surface area contributed by atoms with Gasteiger partial charge in [0.25, 0.3) is 5.91 Å². The van der Waals surface area contributed by atoms with E-state index in [1.54, 1.807) is 7.11 Å². The second-order valence-electron chi connectivity index (χ2n) is 4.55. The Labute approximate surface area is 112 Å². The fraction of sp³-hybridized carbons (Fsp3) is 0.583. The molecule has 0 aromatic carbocycles. The van der Waals surface area contributed by atoms with Gasteiger partial charge in [0.05, 0.1) is 18.0 Å². The van der Waals surface area contributed by atoms with Crippen molar-refractivity contribution < 1.29 is 9.53 Å². The van der Waals surface area contributed by atoms with E-state index in [2.05, 4.69) is 20.7 Å². The summed E-state index contributed by atoms with van der Waals surface area (Å²) < 4.78 is 5.07. The minimum Gasteiger partial charge on any atom is -0.380 e. The molecule has 0 aliphatic rings.